The Kier molecular flexibility index (Phi) is 1.72. The van der Waals surface area contributed by atoms with Crippen LogP contribution in [-0.4, -0.2) is 20.5 Å². The summed E-state index contributed by atoms with van der Waals surface area (Å²) in [6.45, 7) is 1.98. The van der Waals surface area contributed by atoms with Crippen LogP contribution in [0.5, 0.6) is 0 Å². The van der Waals surface area contributed by atoms with Crippen molar-refractivity contribution in [2.45, 2.75) is 26.3 Å². The normalized spacial score (nSPS) is 14.2. The largest absolute Gasteiger partial charge is 0.293 e. The van der Waals surface area contributed by atoms with Crippen molar-refractivity contribution in [1.29, 1.82) is 0 Å². The van der Waals surface area contributed by atoms with Gasteiger partial charge in [-0.1, -0.05) is 0 Å². The van der Waals surface area contributed by atoms with Crippen molar-refractivity contribution >= 4 is 5.78 Å². The zero-order valence-corrected chi connectivity index (χ0v) is 7.28. The highest BCUT2D eigenvalue weighted by molar-refractivity contribution is 5.91. The summed E-state index contributed by atoms with van der Waals surface area (Å²) in [5.74, 6) is 0.370. The molecule has 5 heteroatoms. The fourth-order valence-electron chi connectivity index (χ4n) is 1.48. The molecule has 0 atom stereocenters. The Morgan fingerprint density at radius 1 is 1.46 bits per heavy atom. The van der Waals surface area contributed by atoms with Crippen LogP contribution in [0.25, 0.3) is 0 Å². The van der Waals surface area contributed by atoms with E-state index >= 15 is 0 Å². The van der Waals surface area contributed by atoms with Crippen molar-refractivity contribution in [1.82, 2.24) is 14.8 Å². The highest BCUT2D eigenvalue weighted by Gasteiger charge is 2.18. The van der Waals surface area contributed by atoms with Gasteiger partial charge in [0, 0.05) is 19.9 Å². The average Bonchev–Trinajstić information content (AvgIpc) is 2.52. The van der Waals surface area contributed by atoms with E-state index in [1.165, 1.54) is 11.5 Å². The summed E-state index contributed by atoms with van der Waals surface area (Å²) >= 11 is 0. The molecule has 1 aromatic heterocycles. The lowest BCUT2D eigenvalue weighted by molar-refractivity contribution is 0.100. The number of aromatic nitrogens is 3. The van der Waals surface area contributed by atoms with Gasteiger partial charge in [-0.25, -0.2) is 0 Å². The van der Waals surface area contributed by atoms with Gasteiger partial charge in [-0.15, -0.1) is 10.2 Å². The molecule has 1 aliphatic rings. The van der Waals surface area contributed by atoms with Crippen molar-refractivity contribution in [3.05, 3.63) is 21.9 Å². The molecule has 13 heavy (non-hydrogen) atoms. The van der Waals surface area contributed by atoms with Gasteiger partial charge >= 0.3 is 0 Å². The van der Waals surface area contributed by atoms with Gasteiger partial charge < -0.3 is 0 Å². The highest BCUT2D eigenvalue weighted by atomic mass is 16.1. The van der Waals surface area contributed by atoms with E-state index in [0.29, 0.717) is 12.4 Å². The van der Waals surface area contributed by atoms with E-state index in [-0.39, 0.29) is 17.0 Å². The van der Waals surface area contributed by atoms with E-state index in [1.54, 1.807) is 0 Å². The van der Waals surface area contributed by atoms with Crippen LogP contribution >= 0.6 is 0 Å². The minimum Gasteiger partial charge on any atom is -0.293 e. The standard InChI is InChI=1S/C8H9N3O2/c1-5(12)7-8(13)11-4-2-3-6(11)9-10-7/h2-4H2,1H3. The number of Topliss-reactive ketones (excluding diaryl/α,β-unsaturated/α-hetero) is 1. The fraction of sp³-hybridized carbons (Fsp3) is 0.500. The van der Waals surface area contributed by atoms with Crippen molar-refractivity contribution < 1.29 is 4.79 Å². The lowest BCUT2D eigenvalue weighted by Crippen LogP contribution is -2.28. The van der Waals surface area contributed by atoms with E-state index in [9.17, 15) is 9.59 Å². The predicted molar refractivity (Wildman–Crippen MR) is 44.6 cm³/mol. The fourth-order valence-corrected chi connectivity index (χ4v) is 1.48. The van der Waals surface area contributed by atoms with Gasteiger partial charge in [0.25, 0.3) is 5.56 Å². The van der Waals surface area contributed by atoms with E-state index in [0.717, 1.165) is 12.8 Å². The summed E-state index contributed by atoms with van der Waals surface area (Å²) in [6, 6.07) is 0. The van der Waals surface area contributed by atoms with Gasteiger partial charge in [0.15, 0.2) is 11.5 Å². The van der Waals surface area contributed by atoms with Crippen molar-refractivity contribution in [2.75, 3.05) is 0 Å². The van der Waals surface area contributed by atoms with Crippen LogP contribution in [0.3, 0.4) is 0 Å². The maximum absolute atomic E-state index is 11.5. The number of nitrogens with zero attached hydrogens (tertiary/aromatic N) is 3. The predicted octanol–water partition coefficient (Wildman–Crippen LogP) is -0.213. The molecule has 0 fully saturated rings. The number of rotatable bonds is 1. The molecule has 0 aromatic carbocycles. The molecule has 0 radical (unpaired) electrons. The minimum atomic E-state index is -0.320. The number of carbonyl (C=O) groups is 1. The molecule has 0 N–H and O–H groups in total. The molecular weight excluding hydrogens is 170 g/mol. The zero-order valence-electron chi connectivity index (χ0n) is 7.28. The van der Waals surface area contributed by atoms with E-state index in [2.05, 4.69) is 10.2 Å². The molecule has 0 unspecified atom stereocenters. The molecule has 0 aliphatic carbocycles. The Hall–Kier alpha value is -1.52. The monoisotopic (exact) mass is 179 g/mol. The van der Waals surface area contributed by atoms with Crippen LogP contribution in [-0.2, 0) is 13.0 Å². The molecule has 1 aromatic rings. The Labute approximate surface area is 74.4 Å². The molecule has 0 saturated carbocycles. The number of aryl methyl sites for hydroxylation is 1. The number of fused-ring (bicyclic) bond motifs is 1. The van der Waals surface area contributed by atoms with Crippen LogP contribution in [0.1, 0.15) is 29.7 Å². The van der Waals surface area contributed by atoms with Crippen LogP contribution in [0, 0.1) is 0 Å². The lowest BCUT2D eigenvalue weighted by atomic mass is 10.3. The summed E-state index contributed by atoms with van der Waals surface area (Å²) in [6.07, 6.45) is 1.69. The Balaban J connectivity index is 2.66. The van der Waals surface area contributed by atoms with Crippen molar-refractivity contribution in [3.63, 3.8) is 0 Å². The quantitative estimate of drug-likeness (QED) is 0.559. The van der Waals surface area contributed by atoms with E-state index in [4.69, 9.17) is 0 Å². The SMILES string of the molecule is CC(=O)c1nnc2n(c1=O)CCC2. The Bertz CT molecular complexity index is 422. The van der Waals surface area contributed by atoms with Crippen molar-refractivity contribution in [2.24, 2.45) is 0 Å². The molecule has 0 amide bonds. The van der Waals surface area contributed by atoms with Crippen LogP contribution in [0.15, 0.2) is 4.79 Å². The van der Waals surface area contributed by atoms with Crippen LogP contribution in [0.4, 0.5) is 0 Å². The van der Waals surface area contributed by atoms with Crippen LogP contribution in [0.2, 0.25) is 0 Å². The molecule has 68 valence electrons. The lowest BCUT2D eigenvalue weighted by Gasteiger charge is -2.00. The summed E-state index contributed by atoms with van der Waals surface area (Å²) in [5, 5.41) is 7.45. The molecule has 1 aliphatic heterocycles. The summed E-state index contributed by atoms with van der Waals surface area (Å²) in [5.41, 5.74) is -0.347. The number of hydrogen-bond acceptors (Lipinski definition) is 4. The van der Waals surface area contributed by atoms with Gasteiger partial charge in [0.1, 0.15) is 5.82 Å². The van der Waals surface area contributed by atoms with E-state index < -0.39 is 0 Å². The molecule has 0 saturated heterocycles. The van der Waals surface area contributed by atoms with Gasteiger partial charge in [-0.05, 0) is 6.42 Å². The van der Waals surface area contributed by atoms with Gasteiger partial charge in [-0.2, -0.15) is 0 Å². The first kappa shape index (κ1) is 8.10. The van der Waals surface area contributed by atoms with E-state index in [1.807, 2.05) is 0 Å². The third-order valence-electron chi connectivity index (χ3n) is 2.14. The second-order valence-corrected chi connectivity index (χ2v) is 3.08. The molecule has 0 bridgehead atoms. The number of ketones is 1. The molecular formula is C8H9N3O2. The first-order valence-electron chi connectivity index (χ1n) is 4.17. The smallest absolute Gasteiger partial charge is 0.283 e. The molecule has 0 spiro atoms. The first-order valence-corrected chi connectivity index (χ1v) is 4.17. The third-order valence-corrected chi connectivity index (χ3v) is 2.14. The Morgan fingerprint density at radius 3 is 2.92 bits per heavy atom. The maximum Gasteiger partial charge on any atom is 0.283 e. The minimum absolute atomic E-state index is 0.0503. The topological polar surface area (TPSA) is 64.8 Å². The van der Waals surface area contributed by atoms with Gasteiger partial charge in [-0.3, -0.25) is 14.2 Å². The molecule has 5 nitrogen and oxygen atoms in total. The van der Waals surface area contributed by atoms with Gasteiger partial charge in [0.05, 0.1) is 0 Å². The number of hydrogen-bond donors (Lipinski definition) is 0. The van der Waals surface area contributed by atoms with Crippen molar-refractivity contribution in [3.8, 4) is 0 Å². The second-order valence-electron chi connectivity index (χ2n) is 3.08. The Morgan fingerprint density at radius 2 is 2.23 bits per heavy atom. The highest BCUT2D eigenvalue weighted by Crippen LogP contribution is 2.07. The molecule has 2 heterocycles. The average molecular weight is 179 g/mol. The maximum atomic E-state index is 11.5. The first-order chi connectivity index (χ1) is 6.20. The molecule has 2 rings (SSSR count). The zero-order chi connectivity index (χ0) is 9.42. The number of carbonyl (C=O) groups excluding carboxylic acids is 1. The third kappa shape index (κ3) is 1.16. The summed E-state index contributed by atoms with van der Waals surface area (Å²) < 4.78 is 1.53. The second kappa shape index (κ2) is 2.76. The van der Waals surface area contributed by atoms with Crippen LogP contribution < -0.4 is 5.56 Å². The summed E-state index contributed by atoms with van der Waals surface area (Å²) in [4.78, 5) is 22.5. The summed E-state index contributed by atoms with van der Waals surface area (Å²) in [7, 11) is 0. The van der Waals surface area contributed by atoms with Gasteiger partial charge in [0.2, 0.25) is 0 Å².